The number of nitrogens with one attached hydrogen (secondary N) is 1. The molecule has 0 bridgehead atoms. The van der Waals surface area contributed by atoms with Gasteiger partial charge in [-0.1, -0.05) is 42.5 Å². The molecular formula is C21H23N3OS. The van der Waals surface area contributed by atoms with Crippen LogP contribution < -0.4 is 5.32 Å². The lowest BCUT2D eigenvalue weighted by atomic mass is 10.1. The van der Waals surface area contributed by atoms with E-state index in [1.807, 2.05) is 36.0 Å². The number of hydrogen-bond donors (Lipinski definition) is 1. The first-order chi connectivity index (χ1) is 12.7. The Hall–Kier alpha value is -2.53. The standard InChI is InChI=1S/C21H23N3OS/c1-24-20(12-15-23-24)18-9-7-17(8-10-18)11-14-22-21(25)13-16-26-19-5-3-2-4-6-19/h2-10,12,15H,11,13-14,16H2,1H3,(H,22,25). The Morgan fingerprint density at radius 1 is 1.08 bits per heavy atom. The Kier molecular flexibility index (Phi) is 6.50. The lowest BCUT2D eigenvalue weighted by molar-refractivity contribution is -0.120. The summed E-state index contributed by atoms with van der Waals surface area (Å²) in [6, 6.07) is 20.6. The molecule has 0 aliphatic carbocycles. The summed E-state index contributed by atoms with van der Waals surface area (Å²) in [5.41, 5.74) is 3.46. The second-order valence-corrected chi connectivity index (χ2v) is 7.22. The van der Waals surface area contributed by atoms with Crippen LogP contribution in [0.3, 0.4) is 0 Å². The predicted octanol–water partition coefficient (Wildman–Crippen LogP) is 3.93. The zero-order chi connectivity index (χ0) is 18.2. The topological polar surface area (TPSA) is 46.9 Å². The van der Waals surface area contributed by atoms with Crippen molar-refractivity contribution in [1.29, 1.82) is 0 Å². The third-order valence-corrected chi connectivity index (χ3v) is 5.16. The maximum Gasteiger partial charge on any atom is 0.220 e. The van der Waals surface area contributed by atoms with E-state index >= 15 is 0 Å². The molecule has 3 rings (SSSR count). The van der Waals surface area contributed by atoms with Crippen molar-refractivity contribution in [2.45, 2.75) is 17.7 Å². The van der Waals surface area contributed by atoms with Gasteiger partial charge in [0.1, 0.15) is 0 Å². The summed E-state index contributed by atoms with van der Waals surface area (Å²) in [5.74, 6) is 0.912. The Labute approximate surface area is 158 Å². The van der Waals surface area contributed by atoms with Crippen LogP contribution in [0.5, 0.6) is 0 Å². The van der Waals surface area contributed by atoms with E-state index in [0.29, 0.717) is 13.0 Å². The summed E-state index contributed by atoms with van der Waals surface area (Å²) < 4.78 is 1.86. The average molecular weight is 366 g/mol. The highest BCUT2D eigenvalue weighted by atomic mass is 32.2. The Balaban J connectivity index is 1.38. The van der Waals surface area contributed by atoms with Crippen LogP contribution in [0.2, 0.25) is 0 Å². The maximum absolute atomic E-state index is 11.9. The first-order valence-corrected chi connectivity index (χ1v) is 9.73. The zero-order valence-corrected chi connectivity index (χ0v) is 15.7. The zero-order valence-electron chi connectivity index (χ0n) is 14.9. The smallest absolute Gasteiger partial charge is 0.220 e. The second kappa shape index (κ2) is 9.25. The van der Waals surface area contributed by atoms with Gasteiger partial charge >= 0.3 is 0 Å². The number of thioether (sulfide) groups is 1. The monoisotopic (exact) mass is 365 g/mol. The van der Waals surface area contributed by atoms with Crippen molar-refractivity contribution in [3.8, 4) is 11.3 Å². The second-order valence-electron chi connectivity index (χ2n) is 6.05. The number of aryl methyl sites for hydroxylation is 1. The van der Waals surface area contributed by atoms with Gasteiger partial charge in [-0.15, -0.1) is 11.8 Å². The largest absolute Gasteiger partial charge is 0.356 e. The highest BCUT2D eigenvalue weighted by Crippen LogP contribution is 2.19. The first-order valence-electron chi connectivity index (χ1n) is 8.74. The molecule has 134 valence electrons. The lowest BCUT2D eigenvalue weighted by Gasteiger charge is -2.07. The van der Waals surface area contributed by atoms with E-state index in [1.54, 1.807) is 18.0 Å². The molecule has 1 aromatic heterocycles. The molecule has 26 heavy (non-hydrogen) atoms. The molecule has 0 aliphatic heterocycles. The minimum Gasteiger partial charge on any atom is -0.356 e. The average Bonchev–Trinajstić information content (AvgIpc) is 3.09. The van der Waals surface area contributed by atoms with Gasteiger partial charge in [0.2, 0.25) is 5.91 Å². The van der Waals surface area contributed by atoms with Crippen LogP contribution in [-0.2, 0) is 18.3 Å². The highest BCUT2D eigenvalue weighted by molar-refractivity contribution is 7.99. The van der Waals surface area contributed by atoms with Gasteiger partial charge in [-0.3, -0.25) is 9.48 Å². The van der Waals surface area contributed by atoms with Crippen LogP contribution in [0.25, 0.3) is 11.3 Å². The number of amides is 1. The van der Waals surface area contributed by atoms with E-state index in [0.717, 1.165) is 23.4 Å². The van der Waals surface area contributed by atoms with Gasteiger partial charge in [0.25, 0.3) is 0 Å². The minimum absolute atomic E-state index is 0.111. The number of nitrogens with zero attached hydrogens (tertiary/aromatic N) is 2. The molecule has 2 aromatic carbocycles. The normalized spacial score (nSPS) is 10.7. The number of aromatic nitrogens is 2. The molecule has 0 fully saturated rings. The SMILES string of the molecule is Cn1nccc1-c1ccc(CCNC(=O)CCSc2ccccc2)cc1. The van der Waals surface area contributed by atoms with E-state index < -0.39 is 0 Å². The van der Waals surface area contributed by atoms with Crippen LogP contribution in [0.15, 0.2) is 71.8 Å². The van der Waals surface area contributed by atoms with Crippen LogP contribution in [0, 0.1) is 0 Å². The van der Waals surface area contributed by atoms with Gasteiger partial charge < -0.3 is 5.32 Å². The molecule has 5 heteroatoms. The maximum atomic E-state index is 11.9. The molecule has 1 N–H and O–H groups in total. The van der Waals surface area contributed by atoms with Gasteiger partial charge in [0.05, 0.1) is 5.69 Å². The summed E-state index contributed by atoms with van der Waals surface area (Å²) in [7, 11) is 1.94. The molecule has 0 radical (unpaired) electrons. The number of rotatable bonds is 8. The molecule has 4 nitrogen and oxygen atoms in total. The van der Waals surface area contributed by atoms with Gasteiger partial charge in [-0.2, -0.15) is 5.10 Å². The summed E-state index contributed by atoms with van der Waals surface area (Å²) in [4.78, 5) is 13.1. The molecular weight excluding hydrogens is 342 g/mol. The number of hydrogen-bond acceptors (Lipinski definition) is 3. The molecule has 0 spiro atoms. The van der Waals surface area contributed by atoms with Crippen molar-refractivity contribution >= 4 is 17.7 Å². The number of benzene rings is 2. The summed E-state index contributed by atoms with van der Waals surface area (Å²) >= 11 is 1.71. The molecule has 0 saturated carbocycles. The van der Waals surface area contributed by atoms with Crippen molar-refractivity contribution in [2.24, 2.45) is 7.05 Å². The minimum atomic E-state index is 0.111. The van der Waals surface area contributed by atoms with Crippen molar-refractivity contribution in [1.82, 2.24) is 15.1 Å². The van der Waals surface area contributed by atoms with Crippen LogP contribution in [-0.4, -0.2) is 28.0 Å². The molecule has 0 aliphatic rings. The van der Waals surface area contributed by atoms with E-state index in [2.05, 4.69) is 46.8 Å². The predicted molar refractivity (Wildman–Crippen MR) is 107 cm³/mol. The fraction of sp³-hybridized carbons (Fsp3) is 0.238. The van der Waals surface area contributed by atoms with E-state index in [-0.39, 0.29) is 5.91 Å². The first kappa shape index (κ1) is 18.3. The summed E-state index contributed by atoms with van der Waals surface area (Å²) in [6.07, 6.45) is 3.18. The Bertz CT molecular complexity index is 828. The van der Waals surface area contributed by atoms with Crippen molar-refractivity contribution in [3.63, 3.8) is 0 Å². The number of carbonyl (C=O) groups is 1. The molecule has 3 aromatic rings. The quantitative estimate of drug-likeness (QED) is 0.615. The molecule has 1 amide bonds. The molecule has 0 saturated heterocycles. The van der Waals surface area contributed by atoms with Gasteiger partial charge in [-0.05, 0) is 35.7 Å². The van der Waals surface area contributed by atoms with Gasteiger partial charge in [0.15, 0.2) is 0 Å². The Morgan fingerprint density at radius 3 is 2.54 bits per heavy atom. The third-order valence-electron chi connectivity index (χ3n) is 4.15. The summed E-state index contributed by atoms with van der Waals surface area (Å²) in [5, 5.41) is 7.20. The fourth-order valence-corrected chi connectivity index (χ4v) is 3.58. The molecule has 0 unspecified atom stereocenters. The van der Waals surface area contributed by atoms with Crippen LogP contribution in [0.1, 0.15) is 12.0 Å². The van der Waals surface area contributed by atoms with E-state index in [4.69, 9.17) is 0 Å². The Morgan fingerprint density at radius 2 is 1.85 bits per heavy atom. The number of carbonyl (C=O) groups excluding carboxylic acids is 1. The fourth-order valence-electron chi connectivity index (χ4n) is 2.71. The van der Waals surface area contributed by atoms with Gasteiger partial charge in [-0.25, -0.2) is 0 Å². The molecule has 0 atom stereocenters. The van der Waals surface area contributed by atoms with Crippen molar-refractivity contribution < 1.29 is 4.79 Å². The third kappa shape index (κ3) is 5.23. The van der Waals surface area contributed by atoms with E-state index in [9.17, 15) is 4.79 Å². The summed E-state index contributed by atoms with van der Waals surface area (Å²) in [6.45, 7) is 0.667. The van der Waals surface area contributed by atoms with Gasteiger partial charge in [0, 0.05) is 36.9 Å². The molecule has 1 heterocycles. The highest BCUT2D eigenvalue weighted by Gasteiger charge is 2.04. The van der Waals surface area contributed by atoms with Crippen molar-refractivity contribution in [2.75, 3.05) is 12.3 Å². The van der Waals surface area contributed by atoms with Crippen LogP contribution >= 0.6 is 11.8 Å². The van der Waals surface area contributed by atoms with Crippen molar-refractivity contribution in [3.05, 3.63) is 72.4 Å². The van der Waals surface area contributed by atoms with E-state index in [1.165, 1.54) is 10.5 Å². The lowest BCUT2D eigenvalue weighted by Crippen LogP contribution is -2.25. The van der Waals surface area contributed by atoms with Crippen LogP contribution in [0.4, 0.5) is 0 Å².